The van der Waals surface area contributed by atoms with Crippen molar-refractivity contribution >= 4 is 33.5 Å². The Bertz CT molecular complexity index is 1330. The van der Waals surface area contributed by atoms with Crippen LogP contribution in [-0.4, -0.2) is 55.8 Å². The monoisotopic (exact) mass is 551 g/mol. The van der Waals surface area contributed by atoms with E-state index in [0.717, 1.165) is 40.0 Å². The highest BCUT2D eigenvalue weighted by Crippen LogP contribution is 2.30. The minimum Gasteiger partial charge on any atom is -0.467 e. The minimum absolute atomic E-state index is 0.0831. The molecule has 4 heterocycles. The van der Waals surface area contributed by atoms with Gasteiger partial charge in [0.25, 0.3) is 0 Å². The van der Waals surface area contributed by atoms with Crippen molar-refractivity contribution < 1.29 is 14.3 Å². The Morgan fingerprint density at radius 2 is 1.97 bits per heavy atom. The van der Waals surface area contributed by atoms with Gasteiger partial charge in [-0.25, -0.2) is 19.7 Å². The van der Waals surface area contributed by atoms with Crippen LogP contribution >= 0.6 is 15.9 Å². The third kappa shape index (κ3) is 5.40. The highest BCUT2D eigenvalue weighted by Gasteiger charge is 2.28. The van der Waals surface area contributed by atoms with Crippen molar-refractivity contribution in [2.75, 3.05) is 25.5 Å². The van der Waals surface area contributed by atoms with Crippen LogP contribution in [0.3, 0.4) is 0 Å². The average molecular weight is 552 g/mol. The van der Waals surface area contributed by atoms with E-state index in [1.807, 2.05) is 36.4 Å². The molecule has 1 amide bonds. The maximum Gasteiger partial charge on any atom is 0.410 e. The first-order valence-electron chi connectivity index (χ1n) is 11.7. The Labute approximate surface area is 216 Å². The zero-order valence-electron chi connectivity index (χ0n) is 19.8. The number of piperidine rings is 1. The van der Waals surface area contributed by atoms with Crippen molar-refractivity contribution in [2.24, 2.45) is 0 Å². The van der Waals surface area contributed by atoms with Gasteiger partial charge in [0.05, 0.1) is 23.5 Å². The van der Waals surface area contributed by atoms with Crippen LogP contribution in [0.25, 0.3) is 5.65 Å². The summed E-state index contributed by atoms with van der Waals surface area (Å²) in [5, 5.41) is 7.87. The zero-order valence-corrected chi connectivity index (χ0v) is 21.4. The molecule has 3 aromatic heterocycles. The molecule has 1 aliphatic heterocycles. The Morgan fingerprint density at radius 1 is 1.17 bits per heavy atom. The van der Waals surface area contributed by atoms with Gasteiger partial charge in [-0.3, -0.25) is 0 Å². The molecule has 4 aromatic rings. The maximum absolute atomic E-state index is 12.8. The average Bonchev–Trinajstić information content (AvgIpc) is 3.32. The topological polar surface area (TPSA) is 107 Å². The first-order chi connectivity index (χ1) is 17.6. The van der Waals surface area contributed by atoms with Crippen molar-refractivity contribution in [3.05, 3.63) is 76.3 Å². The number of hydrogen-bond donors (Lipinski definition) is 1. The second-order valence-electron chi connectivity index (χ2n) is 8.55. The molecule has 1 unspecified atom stereocenters. The van der Waals surface area contributed by atoms with Gasteiger partial charge in [0.2, 0.25) is 0 Å². The molecule has 1 saturated heterocycles. The van der Waals surface area contributed by atoms with E-state index >= 15 is 0 Å². The van der Waals surface area contributed by atoms with Gasteiger partial charge in [-0.05, 0) is 34.3 Å². The van der Waals surface area contributed by atoms with E-state index in [1.54, 1.807) is 28.0 Å². The number of nitrogens with zero attached hydrogens (tertiary/aromatic N) is 6. The fourth-order valence-corrected chi connectivity index (χ4v) is 4.57. The second-order valence-corrected chi connectivity index (χ2v) is 9.41. The lowest BCUT2D eigenvalue weighted by Gasteiger charge is -2.32. The van der Waals surface area contributed by atoms with E-state index < -0.39 is 0 Å². The zero-order chi connectivity index (χ0) is 24.9. The highest BCUT2D eigenvalue weighted by molar-refractivity contribution is 9.10. The fraction of sp³-hybridized carbons (Fsp3) is 0.320. The molecule has 36 heavy (non-hydrogen) atoms. The fourth-order valence-electron chi connectivity index (χ4n) is 4.22. The third-order valence-electron chi connectivity index (χ3n) is 6.09. The van der Waals surface area contributed by atoms with Crippen LogP contribution < -0.4 is 10.1 Å². The number of nitrogens with one attached hydrogen (secondary N) is 1. The van der Waals surface area contributed by atoms with E-state index in [4.69, 9.17) is 14.5 Å². The summed E-state index contributed by atoms with van der Waals surface area (Å²) in [5.41, 5.74) is 3.48. The number of likely N-dealkylation sites (tertiary alicyclic amines) is 1. The number of hydrogen-bond acceptors (Lipinski definition) is 8. The summed E-state index contributed by atoms with van der Waals surface area (Å²) in [6.45, 7) is 1.99. The van der Waals surface area contributed by atoms with Crippen molar-refractivity contribution in [2.45, 2.75) is 31.9 Å². The van der Waals surface area contributed by atoms with Gasteiger partial charge < -0.3 is 19.7 Å². The van der Waals surface area contributed by atoms with E-state index in [0.29, 0.717) is 31.3 Å². The SMILES string of the molecule is COc1ncc(CNc2cc(C3CCCN(C(=O)OCc4ccccc4)C3)nc3c(Br)cnn23)cn1. The second kappa shape index (κ2) is 10.9. The molecule has 10 nitrogen and oxygen atoms in total. The van der Waals surface area contributed by atoms with E-state index in [2.05, 4.69) is 36.3 Å². The number of aromatic nitrogens is 5. The van der Waals surface area contributed by atoms with Gasteiger partial charge in [-0.1, -0.05) is 30.3 Å². The molecule has 1 fully saturated rings. The Hall–Kier alpha value is -3.73. The number of rotatable bonds is 7. The van der Waals surface area contributed by atoms with Crippen molar-refractivity contribution in [3.8, 4) is 6.01 Å². The molecular formula is C25H26BrN7O3. The van der Waals surface area contributed by atoms with Crippen LogP contribution in [0.1, 0.15) is 35.6 Å². The number of fused-ring (bicyclic) bond motifs is 1. The quantitative estimate of drug-likeness (QED) is 0.359. The summed E-state index contributed by atoms with van der Waals surface area (Å²) in [7, 11) is 1.54. The van der Waals surface area contributed by atoms with E-state index in [9.17, 15) is 4.79 Å². The summed E-state index contributed by atoms with van der Waals surface area (Å²) in [5.74, 6) is 0.875. The Morgan fingerprint density at radius 3 is 2.75 bits per heavy atom. The standard InChI is InChI=1S/C25H26BrN7O3/c1-35-24-28-12-18(13-29-24)11-27-22-10-21(31-23-20(26)14-30-33(22)23)19-8-5-9-32(15-19)25(34)36-16-17-6-3-2-4-7-17/h2-4,6-7,10,12-14,19,27H,5,8-9,11,15-16H2,1H3. The molecule has 11 heteroatoms. The molecule has 0 aliphatic carbocycles. The number of ether oxygens (including phenoxy) is 2. The molecule has 186 valence electrons. The van der Waals surface area contributed by atoms with Crippen LogP contribution in [0.5, 0.6) is 6.01 Å². The van der Waals surface area contributed by atoms with Crippen molar-refractivity contribution in [1.82, 2.24) is 29.5 Å². The number of halogens is 1. The molecule has 0 radical (unpaired) electrons. The molecule has 1 aliphatic rings. The Balaban J connectivity index is 1.31. The number of amides is 1. The van der Waals surface area contributed by atoms with Gasteiger partial charge in [0.15, 0.2) is 5.65 Å². The molecule has 0 bridgehead atoms. The number of carbonyl (C=O) groups excluding carboxylic acids is 1. The largest absolute Gasteiger partial charge is 0.467 e. The van der Waals surface area contributed by atoms with Crippen molar-refractivity contribution in [3.63, 3.8) is 0 Å². The summed E-state index contributed by atoms with van der Waals surface area (Å²) in [6, 6.07) is 12.0. The predicted molar refractivity (Wildman–Crippen MR) is 137 cm³/mol. The van der Waals surface area contributed by atoms with E-state index in [-0.39, 0.29) is 18.6 Å². The number of methoxy groups -OCH3 is 1. The minimum atomic E-state index is -0.298. The van der Waals surface area contributed by atoms with Gasteiger partial charge in [-0.2, -0.15) is 9.61 Å². The van der Waals surface area contributed by atoms with Crippen LogP contribution in [0.4, 0.5) is 10.6 Å². The van der Waals surface area contributed by atoms with Crippen LogP contribution in [0.15, 0.2) is 59.5 Å². The Kier molecular flexibility index (Phi) is 7.26. The molecule has 1 N–H and O–H groups in total. The van der Waals surface area contributed by atoms with Gasteiger partial charge in [-0.15, -0.1) is 0 Å². The predicted octanol–water partition coefficient (Wildman–Crippen LogP) is 4.42. The van der Waals surface area contributed by atoms with Crippen LogP contribution in [0.2, 0.25) is 0 Å². The van der Waals surface area contributed by atoms with Gasteiger partial charge in [0, 0.05) is 49.6 Å². The van der Waals surface area contributed by atoms with E-state index in [1.165, 1.54) is 7.11 Å². The number of benzene rings is 1. The third-order valence-corrected chi connectivity index (χ3v) is 6.65. The normalized spacial score (nSPS) is 15.6. The maximum atomic E-state index is 12.8. The summed E-state index contributed by atoms with van der Waals surface area (Å²) in [4.78, 5) is 27.7. The molecule has 1 atom stereocenters. The summed E-state index contributed by atoms with van der Waals surface area (Å²) >= 11 is 3.56. The lowest BCUT2D eigenvalue weighted by Crippen LogP contribution is -2.39. The van der Waals surface area contributed by atoms with Crippen molar-refractivity contribution in [1.29, 1.82) is 0 Å². The molecule has 1 aromatic carbocycles. The summed E-state index contributed by atoms with van der Waals surface area (Å²) < 4.78 is 13.2. The first-order valence-corrected chi connectivity index (χ1v) is 12.5. The lowest BCUT2D eigenvalue weighted by atomic mass is 9.94. The summed E-state index contributed by atoms with van der Waals surface area (Å²) in [6.07, 6.45) is 6.68. The first kappa shape index (κ1) is 24.0. The number of carbonyl (C=O) groups is 1. The number of anilines is 1. The van der Waals surface area contributed by atoms with Crippen LogP contribution in [0, 0.1) is 0 Å². The molecule has 0 saturated carbocycles. The smallest absolute Gasteiger partial charge is 0.410 e. The van der Waals surface area contributed by atoms with Gasteiger partial charge in [0.1, 0.15) is 12.4 Å². The molecular weight excluding hydrogens is 526 g/mol. The lowest BCUT2D eigenvalue weighted by molar-refractivity contribution is 0.0856. The van der Waals surface area contributed by atoms with Gasteiger partial charge >= 0.3 is 12.1 Å². The molecule has 5 rings (SSSR count). The molecule has 0 spiro atoms. The van der Waals surface area contributed by atoms with Crippen LogP contribution in [-0.2, 0) is 17.9 Å². The highest BCUT2D eigenvalue weighted by atomic mass is 79.9.